The number of halogens is 1. The number of aromatic hydroxyl groups is 1. The summed E-state index contributed by atoms with van der Waals surface area (Å²) in [6.07, 6.45) is 1.31. The zero-order chi connectivity index (χ0) is 22.4. The predicted molar refractivity (Wildman–Crippen MR) is 115 cm³/mol. The minimum atomic E-state index is -0.700. The fourth-order valence-electron chi connectivity index (χ4n) is 2.43. The van der Waals surface area contributed by atoms with Gasteiger partial charge in [0, 0.05) is 23.3 Å². The van der Waals surface area contributed by atoms with E-state index < -0.39 is 16.8 Å². The Labute approximate surface area is 184 Å². The lowest BCUT2D eigenvalue weighted by Crippen LogP contribution is -2.17. The number of nitro groups is 1. The molecule has 0 heterocycles. The molecule has 0 radical (unpaired) electrons. The Morgan fingerprint density at radius 3 is 2.42 bits per heavy atom. The van der Waals surface area contributed by atoms with Gasteiger partial charge in [-0.3, -0.25) is 14.9 Å². The van der Waals surface area contributed by atoms with Crippen LogP contribution < -0.4 is 10.2 Å². The summed E-state index contributed by atoms with van der Waals surface area (Å²) in [6, 6.07) is 15.8. The van der Waals surface area contributed by atoms with Crippen LogP contribution in [-0.4, -0.2) is 28.1 Å². The van der Waals surface area contributed by atoms with E-state index in [1.165, 1.54) is 48.7 Å². The number of hydrogen-bond donors (Lipinski definition) is 2. The van der Waals surface area contributed by atoms with Crippen LogP contribution in [0.25, 0.3) is 0 Å². The van der Waals surface area contributed by atoms with Gasteiger partial charge in [-0.1, -0.05) is 12.1 Å². The van der Waals surface area contributed by atoms with E-state index in [0.29, 0.717) is 10.0 Å². The van der Waals surface area contributed by atoms with Gasteiger partial charge in [-0.25, -0.2) is 10.2 Å². The number of phenols is 1. The second-order valence-corrected chi connectivity index (χ2v) is 6.95. The number of nitro benzene ring substituents is 1. The van der Waals surface area contributed by atoms with Gasteiger partial charge in [-0.05, 0) is 58.4 Å². The summed E-state index contributed by atoms with van der Waals surface area (Å²) >= 11 is 3.13. The summed E-state index contributed by atoms with van der Waals surface area (Å²) in [5.41, 5.74) is 3.05. The number of carbonyl (C=O) groups excluding carboxylic acids is 2. The molecule has 31 heavy (non-hydrogen) atoms. The van der Waals surface area contributed by atoms with Crippen molar-refractivity contribution < 1.29 is 24.4 Å². The Bertz CT molecular complexity index is 1180. The van der Waals surface area contributed by atoms with Crippen molar-refractivity contribution in [3.8, 4) is 11.5 Å². The van der Waals surface area contributed by atoms with Crippen molar-refractivity contribution in [1.82, 2.24) is 5.43 Å². The molecule has 0 spiro atoms. The third-order valence-corrected chi connectivity index (χ3v) is 4.65. The lowest BCUT2D eigenvalue weighted by Gasteiger charge is -2.07. The van der Waals surface area contributed by atoms with E-state index in [4.69, 9.17) is 4.74 Å². The molecule has 0 atom stereocenters. The molecule has 9 nitrogen and oxygen atoms in total. The molecule has 3 aromatic carbocycles. The van der Waals surface area contributed by atoms with Crippen molar-refractivity contribution in [3.63, 3.8) is 0 Å². The molecule has 2 N–H and O–H groups in total. The third-order valence-electron chi connectivity index (χ3n) is 4.02. The van der Waals surface area contributed by atoms with E-state index in [2.05, 4.69) is 26.5 Å². The number of hydrogen-bond acceptors (Lipinski definition) is 7. The van der Waals surface area contributed by atoms with E-state index in [-0.39, 0.29) is 28.3 Å². The minimum absolute atomic E-state index is 0.00353. The summed E-state index contributed by atoms with van der Waals surface area (Å²) in [5, 5.41) is 24.1. The van der Waals surface area contributed by atoms with Crippen molar-refractivity contribution in [3.05, 3.63) is 98.0 Å². The Morgan fingerprint density at radius 2 is 1.74 bits per heavy atom. The summed E-state index contributed by atoms with van der Waals surface area (Å²) in [7, 11) is 0. The van der Waals surface area contributed by atoms with Gasteiger partial charge in [-0.15, -0.1) is 0 Å². The SMILES string of the molecule is O=C(N/N=C\c1ccccc1OC(=O)c1ccc([N+](=O)[O-])cc1)c1ccc(O)c(Br)c1. The summed E-state index contributed by atoms with van der Waals surface area (Å²) in [4.78, 5) is 34.7. The molecule has 0 unspecified atom stereocenters. The summed E-state index contributed by atoms with van der Waals surface area (Å²) in [5.74, 6) is -1.01. The second kappa shape index (κ2) is 9.63. The van der Waals surface area contributed by atoms with Crippen LogP contribution in [0.4, 0.5) is 5.69 Å². The molecule has 0 bridgehead atoms. The van der Waals surface area contributed by atoms with Gasteiger partial charge in [0.2, 0.25) is 0 Å². The minimum Gasteiger partial charge on any atom is -0.507 e. The largest absolute Gasteiger partial charge is 0.507 e. The van der Waals surface area contributed by atoms with Gasteiger partial charge in [0.25, 0.3) is 11.6 Å². The highest BCUT2D eigenvalue weighted by molar-refractivity contribution is 9.10. The van der Waals surface area contributed by atoms with Crippen LogP contribution in [0.1, 0.15) is 26.3 Å². The molecule has 156 valence electrons. The number of benzene rings is 3. The van der Waals surface area contributed by atoms with Crippen LogP contribution in [-0.2, 0) is 0 Å². The average molecular weight is 484 g/mol. The zero-order valence-electron chi connectivity index (χ0n) is 15.7. The van der Waals surface area contributed by atoms with Crippen LogP contribution in [0, 0.1) is 10.1 Å². The van der Waals surface area contributed by atoms with Crippen molar-refractivity contribution in [2.45, 2.75) is 0 Å². The number of para-hydroxylation sites is 1. The topological polar surface area (TPSA) is 131 Å². The van der Waals surface area contributed by atoms with E-state index in [1.54, 1.807) is 24.3 Å². The van der Waals surface area contributed by atoms with Crippen molar-refractivity contribution in [1.29, 1.82) is 0 Å². The Hall–Kier alpha value is -4.05. The van der Waals surface area contributed by atoms with Gasteiger partial charge < -0.3 is 9.84 Å². The normalized spacial score (nSPS) is 10.6. The van der Waals surface area contributed by atoms with Gasteiger partial charge in [0.15, 0.2) is 0 Å². The number of nitrogens with zero attached hydrogens (tertiary/aromatic N) is 2. The number of ether oxygens (including phenoxy) is 1. The van der Waals surface area contributed by atoms with Crippen LogP contribution in [0.2, 0.25) is 0 Å². The first-order valence-electron chi connectivity index (χ1n) is 8.73. The molecule has 0 saturated carbocycles. The van der Waals surface area contributed by atoms with Gasteiger partial charge >= 0.3 is 5.97 Å². The molecule has 0 aliphatic heterocycles. The molecular weight excluding hydrogens is 470 g/mol. The summed E-state index contributed by atoms with van der Waals surface area (Å²) < 4.78 is 5.72. The highest BCUT2D eigenvalue weighted by Gasteiger charge is 2.13. The third kappa shape index (κ3) is 5.52. The predicted octanol–water partition coefficient (Wildman–Crippen LogP) is 4.05. The molecule has 3 rings (SSSR count). The maximum atomic E-state index is 12.3. The number of hydrazone groups is 1. The fourth-order valence-corrected chi connectivity index (χ4v) is 2.81. The number of non-ortho nitro benzene ring substituents is 1. The van der Waals surface area contributed by atoms with Crippen molar-refractivity contribution >= 4 is 39.7 Å². The number of phenolic OH excluding ortho intramolecular Hbond substituents is 1. The Morgan fingerprint density at radius 1 is 1.06 bits per heavy atom. The second-order valence-electron chi connectivity index (χ2n) is 6.10. The first-order chi connectivity index (χ1) is 14.8. The highest BCUT2D eigenvalue weighted by Crippen LogP contribution is 2.24. The van der Waals surface area contributed by atoms with E-state index in [1.807, 2.05) is 0 Å². The standard InChI is InChI=1S/C21H14BrN3O6/c22-17-11-14(7-10-18(17)26)20(27)24-23-12-15-3-1-2-4-19(15)31-21(28)13-5-8-16(9-6-13)25(29)30/h1-12,26H,(H,24,27)/b23-12-. The molecule has 10 heteroatoms. The molecule has 3 aromatic rings. The van der Waals surface area contributed by atoms with E-state index >= 15 is 0 Å². The highest BCUT2D eigenvalue weighted by atomic mass is 79.9. The smallest absolute Gasteiger partial charge is 0.343 e. The summed E-state index contributed by atoms with van der Waals surface area (Å²) in [6.45, 7) is 0. The number of esters is 1. The first kappa shape index (κ1) is 21.7. The quantitative estimate of drug-likeness (QED) is 0.179. The number of carbonyl (C=O) groups is 2. The molecular formula is C21H14BrN3O6. The van der Waals surface area contributed by atoms with E-state index in [9.17, 15) is 24.8 Å². The van der Waals surface area contributed by atoms with Crippen molar-refractivity contribution in [2.24, 2.45) is 5.10 Å². The Balaban J connectivity index is 1.69. The molecule has 0 aromatic heterocycles. The van der Waals surface area contributed by atoms with Gasteiger partial charge in [0.05, 0.1) is 21.2 Å². The zero-order valence-corrected chi connectivity index (χ0v) is 17.3. The maximum Gasteiger partial charge on any atom is 0.343 e. The Kier molecular flexibility index (Phi) is 6.73. The number of rotatable bonds is 6. The fraction of sp³-hybridized carbons (Fsp3) is 0. The number of amides is 1. The lowest BCUT2D eigenvalue weighted by atomic mass is 10.2. The maximum absolute atomic E-state index is 12.3. The van der Waals surface area contributed by atoms with Crippen LogP contribution in [0.15, 0.2) is 76.3 Å². The van der Waals surface area contributed by atoms with Crippen molar-refractivity contribution in [2.75, 3.05) is 0 Å². The molecule has 0 aliphatic carbocycles. The molecule has 0 saturated heterocycles. The number of nitrogens with one attached hydrogen (secondary N) is 1. The molecule has 1 amide bonds. The monoisotopic (exact) mass is 483 g/mol. The van der Waals surface area contributed by atoms with Crippen LogP contribution in [0.3, 0.4) is 0 Å². The van der Waals surface area contributed by atoms with Gasteiger partial charge in [0.1, 0.15) is 11.5 Å². The lowest BCUT2D eigenvalue weighted by molar-refractivity contribution is -0.384. The molecule has 0 aliphatic rings. The van der Waals surface area contributed by atoms with Crippen LogP contribution in [0.5, 0.6) is 11.5 Å². The van der Waals surface area contributed by atoms with Crippen LogP contribution >= 0.6 is 15.9 Å². The van der Waals surface area contributed by atoms with Gasteiger partial charge in [-0.2, -0.15) is 5.10 Å². The molecule has 0 fully saturated rings. The average Bonchev–Trinajstić information content (AvgIpc) is 2.76. The first-order valence-corrected chi connectivity index (χ1v) is 9.52. The van der Waals surface area contributed by atoms with E-state index in [0.717, 1.165) is 0 Å².